The number of aromatic nitrogens is 2. The number of benzene rings is 3. The molecule has 0 N–H and O–H groups in total. The highest BCUT2D eigenvalue weighted by molar-refractivity contribution is 5.82. The molecular weight excluding hydrogens is 468 g/mol. The Morgan fingerprint density at radius 3 is 2.16 bits per heavy atom. The molecule has 5 rings (SSSR count). The summed E-state index contributed by atoms with van der Waals surface area (Å²) in [6.45, 7) is 11.0. The summed E-state index contributed by atoms with van der Waals surface area (Å²) in [5.74, 6) is 2.77. The highest BCUT2D eigenvalue weighted by Crippen LogP contribution is 2.31. The van der Waals surface area contributed by atoms with E-state index in [-0.39, 0.29) is 0 Å². The Balaban J connectivity index is 1.36. The third-order valence-electron chi connectivity index (χ3n) is 7.65. The van der Waals surface area contributed by atoms with Crippen molar-refractivity contribution in [1.29, 1.82) is 0 Å². The molecule has 5 heteroatoms. The molecule has 0 atom stereocenters. The smallest absolute Gasteiger partial charge is 0.141 e. The molecule has 0 bridgehead atoms. The molecular formula is C33H42N4O. The number of ether oxygens (including phenoxy) is 1. The molecule has 1 saturated heterocycles. The number of hydrogen-bond acceptors (Lipinski definition) is 4. The van der Waals surface area contributed by atoms with Gasteiger partial charge in [0, 0.05) is 50.9 Å². The lowest BCUT2D eigenvalue weighted by Gasteiger charge is -2.32. The number of fused-ring (bicyclic) bond motifs is 1. The third-order valence-corrected chi connectivity index (χ3v) is 7.65. The van der Waals surface area contributed by atoms with Gasteiger partial charge in [0.05, 0.1) is 11.0 Å². The minimum absolute atomic E-state index is 0.852. The number of hydrogen-bond donors (Lipinski definition) is 0. The molecule has 0 saturated carbocycles. The van der Waals surface area contributed by atoms with Crippen molar-refractivity contribution in [2.24, 2.45) is 0 Å². The molecule has 0 unspecified atom stereocenters. The fourth-order valence-corrected chi connectivity index (χ4v) is 5.19. The molecule has 3 aromatic carbocycles. The van der Waals surface area contributed by atoms with E-state index in [2.05, 4.69) is 95.9 Å². The summed E-state index contributed by atoms with van der Waals surface area (Å²) in [7, 11) is 2.21. The van der Waals surface area contributed by atoms with Crippen molar-refractivity contribution in [1.82, 2.24) is 19.4 Å². The zero-order chi connectivity index (χ0) is 26.3. The summed E-state index contributed by atoms with van der Waals surface area (Å²) in [5, 5.41) is 0. The van der Waals surface area contributed by atoms with E-state index in [4.69, 9.17) is 9.72 Å². The van der Waals surface area contributed by atoms with Crippen LogP contribution >= 0.6 is 0 Å². The first-order valence-electron chi connectivity index (χ1n) is 14.4. The Morgan fingerprint density at radius 2 is 1.45 bits per heavy atom. The molecule has 0 aliphatic carbocycles. The predicted octanol–water partition coefficient (Wildman–Crippen LogP) is 7.39. The molecule has 0 amide bonds. The van der Waals surface area contributed by atoms with Crippen LogP contribution in [0.1, 0.15) is 50.7 Å². The summed E-state index contributed by atoms with van der Waals surface area (Å²) < 4.78 is 8.64. The normalized spacial score (nSPS) is 14.8. The second-order valence-electron chi connectivity index (χ2n) is 10.7. The lowest BCUT2D eigenvalue weighted by atomic mass is 10.1. The van der Waals surface area contributed by atoms with Crippen LogP contribution in [0.3, 0.4) is 0 Å². The summed E-state index contributed by atoms with van der Waals surface area (Å²) in [6.07, 6.45) is 5.82. The van der Waals surface area contributed by atoms with Crippen molar-refractivity contribution < 1.29 is 4.74 Å². The van der Waals surface area contributed by atoms with E-state index in [1.807, 2.05) is 6.07 Å². The molecule has 4 aromatic rings. The molecule has 0 spiro atoms. The number of nitrogens with zero attached hydrogens (tertiary/aromatic N) is 4. The molecule has 1 aliphatic rings. The van der Waals surface area contributed by atoms with Crippen LogP contribution < -0.4 is 4.74 Å². The van der Waals surface area contributed by atoms with Crippen LogP contribution in [0, 0.1) is 0 Å². The quantitative estimate of drug-likeness (QED) is 0.211. The lowest BCUT2D eigenvalue weighted by molar-refractivity contribution is 0.148. The van der Waals surface area contributed by atoms with Crippen LogP contribution in [0.15, 0.2) is 66.7 Å². The monoisotopic (exact) mass is 510 g/mol. The Labute approximate surface area is 228 Å². The topological polar surface area (TPSA) is 33.5 Å². The Kier molecular flexibility index (Phi) is 8.77. The summed E-state index contributed by atoms with van der Waals surface area (Å²) in [5.41, 5.74) is 6.05. The maximum atomic E-state index is 6.27. The van der Waals surface area contributed by atoms with Gasteiger partial charge in [0.15, 0.2) is 0 Å². The first-order valence-corrected chi connectivity index (χ1v) is 14.4. The third kappa shape index (κ3) is 6.46. The van der Waals surface area contributed by atoms with E-state index in [1.54, 1.807) is 0 Å². The van der Waals surface area contributed by atoms with Gasteiger partial charge in [-0.3, -0.25) is 4.90 Å². The molecule has 200 valence electrons. The zero-order valence-electron chi connectivity index (χ0n) is 23.3. The van der Waals surface area contributed by atoms with E-state index >= 15 is 0 Å². The van der Waals surface area contributed by atoms with Crippen molar-refractivity contribution in [3.05, 3.63) is 77.9 Å². The summed E-state index contributed by atoms with van der Waals surface area (Å²) in [4.78, 5) is 10.0. The molecule has 1 aromatic heterocycles. The maximum absolute atomic E-state index is 6.27. The maximum Gasteiger partial charge on any atom is 0.141 e. The molecule has 0 radical (unpaired) electrons. The SMILES string of the molecule is CCCCc1ccc(Oc2ccc3nc(-c4ccc(CN5CCN(C)CC5)cc4)n(CCCC)c3c2)cc1. The van der Waals surface area contributed by atoms with Gasteiger partial charge in [-0.2, -0.15) is 0 Å². The summed E-state index contributed by atoms with van der Waals surface area (Å²) in [6, 6.07) is 23.8. The largest absolute Gasteiger partial charge is 0.457 e. The first-order chi connectivity index (χ1) is 18.6. The second-order valence-corrected chi connectivity index (χ2v) is 10.7. The minimum Gasteiger partial charge on any atom is -0.457 e. The number of rotatable bonds is 11. The van der Waals surface area contributed by atoms with Crippen molar-refractivity contribution in [3.63, 3.8) is 0 Å². The van der Waals surface area contributed by atoms with Gasteiger partial charge in [-0.15, -0.1) is 0 Å². The number of piperazine rings is 1. The highest BCUT2D eigenvalue weighted by Gasteiger charge is 2.16. The second kappa shape index (κ2) is 12.6. The number of unbranched alkanes of at least 4 members (excludes halogenated alkanes) is 2. The van der Waals surface area contributed by atoms with Crippen LogP contribution in [0.4, 0.5) is 0 Å². The van der Waals surface area contributed by atoms with Crippen LogP contribution in [-0.4, -0.2) is 52.6 Å². The number of aryl methyl sites for hydroxylation is 2. The van der Waals surface area contributed by atoms with E-state index in [1.165, 1.54) is 29.5 Å². The molecule has 2 heterocycles. The van der Waals surface area contributed by atoms with Gasteiger partial charge in [0.1, 0.15) is 17.3 Å². The van der Waals surface area contributed by atoms with Crippen LogP contribution in [0.5, 0.6) is 11.5 Å². The van der Waals surface area contributed by atoms with Crippen molar-refractivity contribution in [3.8, 4) is 22.9 Å². The molecule has 1 fully saturated rings. The molecule has 38 heavy (non-hydrogen) atoms. The van der Waals surface area contributed by atoms with E-state index in [0.29, 0.717) is 0 Å². The van der Waals surface area contributed by atoms with Crippen LogP contribution in [0.25, 0.3) is 22.4 Å². The average molecular weight is 511 g/mol. The van der Waals surface area contributed by atoms with Crippen molar-refractivity contribution >= 4 is 11.0 Å². The van der Waals surface area contributed by atoms with Gasteiger partial charge in [0.2, 0.25) is 0 Å². The minimum atomic E-state index is 0.852. The van der Waals surface area contributed by atoms with E-state index in [0.717, 1.165) is 86.9 Å². The van der Waals surface area contributed by atoms with Gasteiger partial charge in [-0.1, -0.05) is 63.1 Å². The fourth-order valence-electron chi connectivity index (χ4n) is 5.19. The van der Waals surface area contributed by atoms with Gasteiger partial charge in [0.25, 0.3) is 0 Å². The number of likely N-dealkylation sites (N-methyl/N-ethyl adjacent to an activating group) is 1. The van der Waals surface area contributed by atoms with Gasteiger partial charge < -0.3 is 14.2 Å². The Morgan fingerprint density at radius 1 is 0.763 bits per heavy atom. The molecule has 1 aliphatic heterocycles. The first kappa shape index (κ1) is 26.5. The average Bonchev–Trinajstić information content (AvgIpc) is 3.31. The van der Waals surface area contributed by atoms with Gasteiger partial charge >= 0.3 is 0 Å². The Bertz CT molecular complexity index is 1300. The van der Waals surface area contributed by atoms with Crippen molar-refractivity contribution in [2.75, 3.05) is 33.2 Å². The summed E-state index contributed by atoms with van der Waals surface area (Å²) >= 11 is 0. The van der Waals surface area contributed by atoms with Crippen LogP contribution in [-0.2, 0) is 19.5 Å². The molecule has 5 nitrogen and oxygen atoms in total. The van der Waals surface area contributed by atoms with Crippen molar-refractivity contribution in [2.45, 2.75) is 59.0 Å². The van der Waals surface area contributed by atoms with E-state index in [9.17, 15) is 0 Å². The predicted molar refractivity (Wildman–Crippen MR) is 158 cm³/mol. The zero-order valence-corrected chi connectivity index (χ0v) is 23.3. The van der Waals surface area contributed by atoms with Crippen LogP contribution in [0.2, 0.25) is 0 Å². The van der Waals surface area contributed by atoms with Gasteiger partial charge in [-0.05, 0) is 61.7 Å². The number of imidazole rings is 1. The lowest BCUT2D eigenvalue weighted by Crippen LogP contribution is -2.43. The van der Waals surface area contributed by atoms with Gasteiger partial charge in [-0.25, -0.2) is 4.98 Å². The van der Waals surface area contributed by atoms with E-state index < -0.39 is 0 Å². The highest BCUT2D eigenvalue weighted by atomic mass is 16.5. The standard InChI is InChI=1S/C33H42N4O/c1-4-6-8-26-11-15-29(16-12-26)38-30-17-18-31-32(24-30)37(19-7-5-2)33(34-31)28-13-9-27(10-14-28)25-36-22-20-35(3)21-23-36/h9-18,24H,4-8,19-23,25H2,1-3H3. The fraction of sp³-hybridized carbons (Fsp3) is 0.424. The Hall–Kier alpha value is -3.15.